The van der Waals surface area contributed by atoms with E-state index in [2.05, 4.69) is 41.2 Å². The molecule has 5 aromatic heterocycles. The smallest absolute Gasteiger partial charge is 0.256 e. The lowest BCUT2D eigenvalue weighted by molar-refractivity contribution is -0.117. The van der Waals surface area contributed by atoms with E-state index in [1.54, 1.807) is 12.1 Å². The number of nitrogens with zero attached hydrogens (tertiary/aromatic N) is 4. The van der Waals surface area contributed by atoms with Gasteiger partial charge in [0.1, 0.15) is 23.3 Å². The zero-order valence-electron chi connectivity index (χ0n) is 47.1. The summed E-state index contributed by atoms with van der Waals surface area (Å²) >= 11 is 0. The summed E-state index contributed by atoms with van der Waals surface area (Å²) in [6.45, 7) is 3.86. The molecule has 0 aliphatic carbocycles. The summed E-state index contributed by atoms with van der Waals surface area (Å²) in [5, 5.41) is 10.7. The number of fused-ring (bicyclic) bond motifs is 8. The number of benzene rings is 4. The molecule has 6 N–H and O–H groups in total. The second-order valence-electron chi connectivity index (χ2n) is 20.6. The highest BCUT2D eigenvalue weighted by atomic mass is 19.2. The number of pyridine rings is 2. The van der Waals surface area contributed by atoms with Gasteiger partial charge in [-0.2, -0.15) is 0 Å². The molecule has 4 aromatic carbocycles. The van der Waals surface area contributed by atoms with Crippen molar-refractivity contribution in [1.82, 2.24) is 29.9 Å². The summed E-state index contributed by atoms with van der Waals surface area (Å²) in [5.74, 6) is -24.3. The molecule has 14 nitrogen and oxygen atoms in total. The van der Waals surface area contributed by atoms with Gasteiger partial charge in [-0.05, 0) is 121 Å². The van der Waals surface area contributed by atoms with Crippen molar-refractivity contribution in [3.05, 3.63) is 201 Å². The molecule has 8 bridgehead atoms. The van der Waals surface area contributed by atoms with Crippen LogP contribution in [0.4, 0.5) is 67.2 Å². The second-order valence-corrected chi connectivity index (χ2v) is 20.6. The Morgan fingerprint density at radius 3 is 0.956 bits per heavy atom. The van der Waals surface area contributed by atoms with E-state index in [0.717, 1.165) is 12.8 Å². The number of hydrogen-bond acceptors (Lipinski definition) is 8. The topological polar surface area (TPSA) is 200 Å². The lowest BCUT2D eigenvalue weighted by Gasteiger charge is -2.11. The van der Waals surface area contributed by atoms with Crippen LogP contribution in [0.1, 0.15) is 95.9 Å². The monoisotopic (exact) mass is 1230 g/mol. The lowest BCUT2D eigenvalue weighted by Crippen LogP contribution is -2.15. The van der Waals surface area contributed by atoms with Crippen LogP contribution < -0.4 is 21.3 Å². The van der Waals surface area contributed by atoms with Crippen molar-refractivity contribution in [3.8, 4) is 44.5 Å². The lowest BCUT2D eigenvalue weighted by atomic mass is 10.0. The van der Waals surface area contributed by atoms with Gasteiger partial charge < -0.3 is 31.2 Å². The van der Waals surface area contributed by atoms with Crippen molar-refractivity contribution in [3.63, 3.8) is 0 Å². The molecule has 90 heavy (non-hydrogen) atoms. The first kappa shape index (κ1) is 60.6. The summed E-state index contributed by atoms with van der Waals surface area (Å²) in [6.07, 6.45) is 8.42. The normalized spacial score (nSPS) is 11.7. The molecular weight excluding hydrogens is 1190 g/mol. The van der Waals surface area contributed by atoms with Gasteiger partial charge >= 0.3 is 0 Å². The summed E-state index contributed by atoms with van der Waals surface area (Å²) in [5.41, 5.74) is -5.08. The van der Waals surface area contributed by atoms with Crippen molar-refractivity contribution in [1.29, 1.82) is 0 Å². The molecule has 0 saturated heterocycles. The Labute approximate surface area is 503 Å². The fourth-order valence-electron chi connectivity index (χ4n) is 10.2. The van der Waals surface area contributed by atoms with Crippen molar-refractivity contribution < 1.29 is 63.1 Å². The molecule has 2 aliphatic rings. The van der Waals surface area contributed by atoms with Gasteiger partial charge in [-0.3, -0.25) is 19.2 Å². The Hall–Kier alpha value is -11.0. The average molecular weight is 1230 g/mol. The Bertz CT molecular complexity index is 4330. The maximum absolute atomic E-state index is 16.4. The number of nitrogens with one attached hydrogen (secondary N) is 6. The van der Waals surface area contributed by atoms with Crippen LogP contribution in [0.3, 0.4) is 0 Å². The van der Waals surface area contributed by atoms with Crippen LogP contribution in [0.5, 0.6) is 0 Å². The van der Waals surface area contributed by atoms with E-state index in [-0.39, 0.29) is 126 Å². The first-order chi connectivity index (χ1) is 43.3. The van der Waals surface area contributed by atoms with Crippen LogP contribution >= 0.6 is 0 Å². The largest absolute Gasteiger partial charge is 0.354 e. The molecule has 9 aromatic rings. The van der Waals surface area contributed by atoms with Crippen LogP contribution in [0, 0.1) is 58.2 Å². The number of amides is 4. The van der Waals surface area contributed by atoms with E-state index < -0.39 is 92.2 Å². The fraction of sp³-hybridized carbons (Fsp3) is 0.121. The Morgan fingerprint density at radius 2 is 0.633 bits per heavy atom. The molecule has 0 fully saturated rings. The van der Waals surface area contributed by atoms with Crippen LogP contribution in [-0.2, 0) is 9.59 Å². The number of aromatic nitrogens is 6. The third-order valence-corrected chi connectivity index (χ3v) is 14.6. The Balaban J connectivity index is 1.11. The third kappa shape index (κ3) is 11.9. The van der Waals surface area contributed by atoms with Gasteiger partial charge in [-0.15, -0.1) is 0 Å². The number of carbonyl (C=O) groups is 4. The molecule has 24 heteroatoms. The maximum atomic E-state index is 16.4. The van der Waals surface area contributed by atoms with E-state index in [1.807, 2.05) is 13.8 Å². The van der Waals surface area contributed by atoms with E-state index in [0.29, 0.717) is 12.8 Å². The molecule has 0 spiro atoms. The fourth-order valence-corrected chi connectivity index (χ4v) is 10.2. The highest BCUT2D eigenvalue weighted by Crippen LogP contribution is 2.42. The third-order valence-electron chi connectivity index (χ3n) is 14.6. The number of rotatable bonds is 16. The zero-order chi connectivity index (χ0) is 63.7. The standard InChI is InChI=1S/C66H46F10N10O4/c1-3-5-13-47(87)83-43-9-7-11-45(81-43)85-65(89)33-19-15-31(16-20-33)49-35-23-27-39(77-35)51(53-55(67)59(71)63(75)60(72)56(53)68)41-29-25-37(79-41)50(32-17-21-34(22-18-32)66(90)86-46-12-8-10-44(82-46)84-48(88)14-6-4-2)38-26-30-42(80-38)52(40-28-24-36(49)78-40)54-57(69)61(73)64(76)62(74)58(54)70/h7-12,15-30,77,80H,3-6,13-14H2,1-2H3,(H2,81,83,85,87,89)(H2,82,84,86,88,90). The average Bonchev–Trinajstić information content (AvgIpc) is 1.52. The highest BCUT2D eigenvalue weighted by molar-refractivity contribution is 6.06. The van der Waals surface area contributed by atoms with Gasteiger partial charge in [-0.1, -0.05) is 63.1 Å². The Kier molecular flexibility index (Phi) is 17.1. The minimum absolute atomic E-state index is 0.0110. The van der Waals surface area contributed by atoms with Crippen LogP contribution in [0.25, 0.3) is 90.9 Å². The SMILES string of the molecule is CCCCC(=O)Nc1cccc(NC(=O)c2ccc(-c3c4nc(c(-c5c(F)c(F)c(F)c(F)c5F)c5ccc([nH]5)c(-c5ccc(C(=O)Nc6cccc(NC(=O)CCCC)n6)cc5)c5nc(c(-c6c(F)c(F)c(F)c(F)c6F)c6ccc3[nH]6)C=C5)C=C4)cc2)n1. The van der Waals surface area contributed by atoms with Gasteiger partial charge in [0, 0.05) is 68.3 Å². The van der Waals surface area contributed by atoms with Crippen LogP contribution in [0.15, 0.2) is 109 Å². The van der Waals surface area contributed by atoms with Crippen molar-refractivity contribution >= 4 is 93.3 Å². The van der Waals surface area contributed by atoms with Gasteiger partial charge in [0.05, 0.1) is 33.9 Å². The van der Waals surface area contributed by atoms with Crippen LogP contribution in [0.2, 0.25) is 0 Å². The number of H-pyrrole nitrogens is 2. The highest BCUT2D eigenvalue weighted by Gasteiger charge is 2.32. The summed E-state index contributed by atoms with van der Waals surface area (Å²) in [7, 11) is 0. The van der Waals surface area contributed by atoms with E-state index >= 15 is 35.1 Å². The van der Waals surface area contributed by atoms with Crippen molar-refractivity contribution in [2.75, 3.05) is 21.3 Å². The van der Waals surface area contributed by atoms with E-state index in [1.165, 1.54) is 121 Å². The molecule has 454 valence electrons. The molecule has 0 unspecified atom stereocenters. The summed E-state index contributed by atoms with van der Waals surface area (Å²) < 4.78 is 157. The maximum Gasteiger partial charge on any atom is 0.256 e. The van der Waals surface area contributed by atoms with E-state index in [4.69, 9.17) is 9.97 Å². The molecule has 0 saturated carbocycles. The second kappa shape index (κ2) is 25.4. The molecule has 0 radical (unpaired) electrons. The summed E-state index contributed by atoms with van der Waals surface area (Å²) in [4.78, 5) is 76.2. The van der Waals surface area contributed by atoms with Crippen molar-refractivity contribution in [2.24, 2.45) is 0 Å². The number of halogens is 10. The predicted molar refractivity (Wildman–Crippen MR) is 321 cm³/mol. The van der Waals surface area contributed by atoms with Crippen LogP contribution in [-0.4, -0.2) is 53.5 Å². The first-order valence-corrected chi connectivity index (χ1v) is 27.9. The number of hydrogen-bond donors (Lipinski definition) is 6. The number of carbonyl (C=O) groups excluding carboxylic acids is 4. The zero-order valence-corrected chi connectivity index (χ0v) is 47.1. The number of aromatic amines is 2. The molecule has 7 heterocycles. The number of unbranched alkanes of at least 4 members (excludes halogenated alkanes) is 2. The quantitative estimate of drug-likeness (QED) is 0.0312. The molecule has 11 rings (SSSR count). The van der Waals surface area contributed by atoms with Gasteiger partial charge in [0.2, 0.25) is 23.4 Å². The molecule has 4 amide bonds. The minimum atomic E-state index is -2.44. The first-order valence-electron chi connectivity index (χ1n) is 27.9. The molecule has 2 aliphatic heterocycles. The van der Waals surface area contributed by atoms with E-state index in [9.17, 15) is 28.0 Å². The Morgan fingerprint density at radius 1 is 0.344 bits per heavy atom. The summed E-state index contributed by atoms with van der Waals surface area (Å²) in [6, 6.07) is 25.6. The van der Waals surface area contributed by atoms with Gasteiger partial charge in [0.15, 0.2) is 46.5 Å². The van der Waals surface area contributed by atoms with Crippen molar-refractivity contribution in [2.45, 2.75) is 52.4 Å². The predicted octanol–water partition coefficient (Wildman–Crippen LogP) is 16.3. The van der Waals surface area contributed by atoms with Gasteiger partial charge in [0.25, 0.3) is 11.8 Å². The minimum Gasteiger partial charge on any atom is -0.354 e. The van der Waals surface area contributed by atoms with Gasteiger partial charge in [-0.25, -0.2) is 63.8 Å². The number of anilines is 4. The molecular formula is C66H46F10N10O4. The molecule has 0 atom stereocenters.